The van der Waals surface area contributed by atoms with E-state index < -0.39 is 11.3 Å². The van der Waals surface area contributed by atoms with E-state index in [0.717, 1.165) is 0 Å². The van der Waals surface area contributed by atoms with Crippen molar-refractivity contribution >= 4 is 5.91 Å². The number of pyridine rings is 1. The van der Waals surface area contributed by atoms with Crippen molar-refractivity contribution in [3.05, 3.63) is 27.7 Å². The predicted octanol–water partition coefficient (Wildman–Crippen LogP) is -0.634. The number of fused-ring (bicyclic) bond motifs is 1. The van der Waals surface area contributed by atoms with E-state index in [4.69, 9.17) is 0 Å². The summed E-state index contributed by atoms with van der Waals surface area (Å²) in [7, 11) is 0. The van der Waals surface area contributed by atoms with Gasteiger partial charge in [-0.25, -0.2) is 0 Å². The average Bonchev–Trinajstić information content (AvgIpc) is 2.12. The highest BCUT2D eigenvalue weighted by Gasteiger charge is 2.22. The van der Waals surface area contributed by atoms with Crippen molar-refractivity contribution in [2.45, 2.75) is 6.42 Å². The standard InChI is InChI=1S/C8H8N2O3/c11-6-5-4(3-10-8(6)13)1-2-9-7(5)12/h3,11H,1-2H2,(H,9,12)(H,10,13). The topological polar surface area (TPSA) is 82.2 Å². The predicted molar refractivity (Wildman–Crippen MR) is 44.8 cm³/mol. The van der Waals surface area contributed by atoms with Gasteiger partial charge in [0.15, 0.2) is 5.75 Å². The molecule has 13 heavy (non-hydrogen) atoms. The molecule has 0 bridgehead atoms. The minimum atomic E-state index is -0.629. The van der Waals surface area contributed by atoms with Crippen LogP contribution < -0.4 is 10.9 Å². The third-order valence-electron chi connectivity index (χ3n) is 2.06. The fourth-order valence-electron chi connectivity index (χ4n) is 1.41. The lowest BCUT2D eigenvalue weighted by Crippen LogP contribution is -2.33. The molecule has 1 aromatic rings. The molecule has 1 aliphatic heterocycles. The summed E-state index contributed by atoms with van der Waals surface area (Å²) in [5, 5.41) is 11.9. The van der Waals surface area contributed by atoms with Crippen LogP contribution in [0, 0.1) is 0 Å². The van der Waals surface area contributed by atoms with Gasteiger partial charge in [0.1, 0.15) is 0 Å². The number of rotatable bonds is 0. The molecule has 0 atom stereocenters. The Hall–Kier alpha value is -1.78. The van der Waals surface area contributed by atoms with Gasteiger partial charge in [0.2, 0.25) is 0 Å². The van der Waals surface area contributed by atoms with Crippen LogP contribution in [0.25, 0.3) is 0 Å². The monoisotopic (exact) mass is 180 g/mol. The molecule has 2 heterocycles. The van der Waals surface area contributed by atoms with Crippen molar-refractivity contribution in [3.63, 3.8) is 0 Å². The summed E-state index contributed by atoms with van der Waals surface area (Å²) in [6.45, 7) is 0.539. The Morgan fingerprint density at radius 3 is 2.92 bits per heavy atom. The summed E-state index contributed by atoms with van der Waals surface area (Å²) in [4.78, 5) is 24.5. The number of H-pyrrole nitrogens is 1. The Balaban J connectivity index is 2.72. The van der Waals surface area contributed by atoms with Gasteiger partial charge in [-0.1, -0.05) is 0 Å². The summed E-state index contributed by atoms with van der Waals surface area (Å²) in [5.41, 5.74) is 0.159. The molecular formula is C8H8N2O3. The molecule has 0 spiro atoms. The highest BCUT2D eigenvalue weighted by atomic mass is 16.3. The highest BCUT2D eigenvalue weighted by molar-refractivity contribution is 5.98. The van der Waals surface area contributed by atoms with Gasteiger partial charge in [0.05, 0.1) is 5.56 Å². The first-order chi connectivity index (χ1) is 6.20. The van der Waals surface area contributed by atoms with Crippen LogP contribution in [0.4, 0.5) is 0 Å². The van der Waals surface area contributed by atoms with E-state index in [1.807, 2.05) is 0 Å². The van der Waals surface area contributed by atoms with Crippen LogP contribution >= 0.6 is 0 Å². The highest BCUT2D eigenvalue weighted by Crippen LogP contribution is 2.18. The largest absolute Gasteiger partial charge is 0.502 e. The molecular weight excluding hydrogens is 172 g/mol. The minimum absolute atomic E-state index is 0.106. The molecule has 68 valence electrons. The number of nitrogens with one attached hydrogen (secondary N) is 2. The molecule has 0 saturated carbocycles. The van der Waals surface area contributed by atoms with Gasteiger partial charge >= 0.3 is 0 Å². The average molecular weight is 180 g/mol. The SMILES string of the molecule is O=C1NCCc2c[nH]c(=O)c(O)c21. The van der Waals surface area contributed by atoms with Gasteiger partial charge in [0.25, 0.3) is 11.5 Å². The van der Waals surface area contributed by atoms with Crippen molar-refractivity contribution in [1.82, 2.24) is 10.3 Å². The third-order valence-corrected chi connectivity index (χ3v) is 2.06. The van der Waals surface area contributed by atoms with Crippen LogP contribution in [0.3, 0.4) is 0 Å². The lowest BCUT2D eigenvalue weighted by molar-refractivity contribution is 0.0942. The second-order valence-electron chi connectivity index (χ2n) is 2.87. The van der Waals surface area contributed by atoms with Crippen LogP contribution in [0.15, 0.2) is 11.0 Å². The Bertz CT molecular complexity index is 422. The molecule has 0 aromatic carbocycles. The number of aromatic hydroxyl groups is 1. The smallest absolute Gasteiger partial charge is 0.290 e. The number of aromatic nitrogens is 1. The zero-order valence-electron chi connectivity index (χ0n) is 6.76. The van der Waals surface area contributed by atoms with E-state index in [9.17, 15) is 14.7 Å². The molecule has 5 nitrogen and oxygen atoms in total. The van der Waals surface area contributed by atoms with E-state index >= 15 is 0 Å². The van der Waals surface area contributed by atoms with Gasteiger partial charge in [-0.3, -0.25) is 9.59 Å². The molecule has 3 N–H and O–H groups in total. The van der Waals surface area contributed by atoms with Crippen molar-refractivity contribution in [2.75, 3.05) is 6.54 Å². The summed E-state index contributed by atoms with van der Waals surface area (Å²) in [6, 6.07) is 0. The second-order valence-corrected chi connectivity index (χ2v) is 2.87. The lowest BCUT2D eigenvalue weighted by Gasteiger charge is -2.15. The van der Waals surface area contributed by atoms with Crippen LogP contribution in [0.5, 0.6) is 5.75 Å². The molecule has 1 amide bonds. The lowest BCUT2D eigenvalue weighted by atomic mass is 10.0. The van der Waals surface area contributed by atoms with Gasteiger partial charge in [-0.15, -0.1) is 0 Å². The third kappa shape index (κ3) is 1.09. The summed E-state index contributed by atoms with van der Waals surface area (Å²) in [6.07, 6.45) is 2.10. The molecule has 0 saturated heterocycles. The zero-order chi connectivity index (χ0) is 9.42. The van der Waals surface area contributed by atoms with Gasteiger partial charge < -0.3 is 15.4 Å². The first-order valence-electron chi connectivity index (χ1n) is 3.92. The molecule has 1 aliphatic rings. The number of aromatic amines is 1. The summed E-state index contributed by atoms with van der Waals surface area (Å²) >= 11 is 0. The number of carbonyl (C=O) groups excluding carboxylic acids is 1. The molecule has 2 rings (SSSR count). The number of carbonyl (C=O) groups is 1. The Morgan fingerprint density at radius 1 is 1.38 bits per heavy atom. The number of hydrogen-bond acceptors (Lipinski definition) is 3. The van der Waals surface area contributed by atoms with Crippen molar-refractivity contribution in [3.8, 4) is 5.75 Å². The maximum atomic E-state index is 11.2. The van der Waals surface area contributed by atoms with Crippen LogP contribution in [0.2, 0.25) is 0 Å². The Kier molecular flexibility index (Phi) is 1.58. The van der Waals surface area contributed by atoms with Gasteiger partial charge in [-0.05, 0) is 12.0 Å². The van der Waals surface area contributed by atoms with Crippen molar-refractivity contribution < 1.29 is 9.90 Å². The molecule has 0 unspecified atom stereocenters. The molecule has 0 radical (unpaired) electrons. The maximum absolute atomic E-state index is 11.2. The van der Waals surface area contributed by atoms with Crippen molar-refractivity contribution in [1.29, 1.82) is 0 Å². The summed E-state index contributed by atoms with van der Waals surface area (Å²) < 4.78 is 0. The van der Waals surface area contributed by atoms with Crippen molar-refractivity contribution in [2.24, 2.45) is 0 Å². The normalized spacial score (nSPS) is 14.9. The van der Waals surface area contributed by atoms with E-state index in [1.54, 1.807) is 0 Å². The fraction of sp³-hybridized carbons (Fsp3) is 0.250. The Labute approximate surface area is 73.4 Å². The first kappa shape index (κ1) is 7.85. The molecule has 1 aromatic heterocycles. The van der Waals surface area contributed by atoms with Crippen LogP contribution in [-0.4, -0.2) is 22.5 Å². The van der Waals surface area contributed by atoms with Gasteiger partial charge in [-0.2, -0.15) is 0 Å². The molecule has 5 heteroatoms. The Morgan fingerprint density at radius 2 is 2.15 bits per heavy atom. The first-order valence-corrected chi connectivity index (χ1v) is 3.92. The van der Waals surface area contributed by atoms with E-state index in [1.165, 1.54) is 6.20 Å². The fourth-order valence-corrected chi connectivity index (χ4v) is 1.41. The quantitative estimate of drug-likeness (QED) is 0.497. The number of hydrogen-bond donors (Lipinski definition) is 3. The minimum Gasteiger partial charge on any atom is -0.502 e. The van der Waals surface area contributed by atoms with Gasteiger partial charge in [0, 0.05) is 12.7 Å². The molecule has 0 fully saturated rings. The second kappa shape index (κ2) is 2.62. The number of amides is 1. The van der Waals surface area contributed by atoms with E-state index in [2.05, 4.69) is 10.3 Å². The van der Waals surface area contributed by atoms with Crippen LogP contribution in [0.1, 0.15) is 15.9 Å². The zero-order valence-corrected chi connectivity index (χ0v) is 6.76. The van der Waals surface area contributed by atoms with Crippen LogP contribution in [-0.2, 0) is 6.42 Å². The maximum Gasteiger partial charge on any atom is 0.290 e. The molecule has 0 aliphatic carbocycles. The van der Waals surface area contributed by atoms with E-state index in [-0.39, 0.29) is 11.5 Å². The van der Waals surface area contributed by atoms with E-state index in [0.29, 0.717) is 18.5 Å². The summed E-state index contributed by atoms with van der Waals surface area (Å²) in [5.74, 6) is -0.875.